The maximum atomic E-state index is 11.9. The quantitative estimate of drug-likeness (QED) is 0.206. The summed E-state index contributed by atoms with van der Waals surface area (Å²) in [5, 5.41) is 32.0. The number of hydrogen-bond donors (Lipinski definition) is 3. The molecule has 11 nitrogen and oxygen atoms in total. The van der Waals surface area contributed by atoms with Crippen LogP contribution < -0.4 is 0 Å². The first-order chi connectivity index (χ1) is 19.2. The zero-order chi connectivity index (χ0) is 28.9. The lowest BCUT2D eigenvalue weighted by molar-refractivity contribution is -0.156. The van der Waals surface area contributed by atoms with E-state index in [9.17, 15) is 20.1 Å². The summed E-state index contributed by atoms with van der Waals surface area (Å²) >= 11 is 6.25. The van der Waals surface area contributed by atoms with Crippen molar-refractivity contribution in [3.63, 3.8) is 0 Å². The number of aromatic nitrogens is 4. The minimum Gasteiger partial charge on any atom is -0.479 e. The van der Waals surface area contributed by atoms with Gasteiger partial charge in [0.25, 0.3) is 0 Å². The Labute approximate surface area is 237 Å². The van der Waals surface area contributed by atoms with Gasteiger partial charge in [-0.25, -0.2) is 14.8 Å². The summed E-state index contributed by atoms with van der Waals surface area (Å²) < 4.78 is 13.1. The number of aliphatic carboxylic acids is 1. The van der Waals surface area contributed by atoms with Crippen LogP contribution >= 0.6 is 11.6 Å². The number of terminal acetylenes is 1. The molecular weight excluding hydrogens is 538 g/mol. The van der Waals surface area contributed by atoms with Crippen LogP contribution in [-0.4, -0.2) is 95.9 Å². The molecule has 1 fully saturated rings. The first-order valence-electron chi connectivity index (χ1n) is 13.2. The van der Waals surface area contributed by atoms with Crippen molar-refractivity contribution in [2.24, 2.45) is 0 Å². The second kappa shape index (κ2) is 13.0. The van der Waals surface area contributed by atoms with Crippen LogP contribution in [0.3, 0.4) is 0 Å². The number of benzene rings is 1. The number of rotatable bonds is 13. The fraction of sp³-hybridized carbons (Fsp3) is 0.500. The lowest BCUT2D eigenvalue weighted by Gasteiger charge is -2.26. The van der Waals surface area contributed by atoms with Crippen LogP contribution in [0.2, 0.25) is 5.28 Å². The fourth-order valence-corrected chi connectivity index (χ4v) is 5.06. The molecule has 0 bridgehead atoms. The van der Waals surface area contributed by atoms with Crippen LogP contribution in [0.5, 0.6) is 0 Å². The van der Waals surface area contributed by atoms with Crippen LogP contribution in [0.1, 0.15) is 37.8 Å². The van der Waals surface area contributed by atoms with Gasteiger partial charge in [-0.15, -0.1) is 6.42 Å². The van der Waals surface area contributed by atoms with Crippen LogP contribution in [0.15, 0.2) is 36.7 Å². The van der Waals surface area contributed by atoms with Crippen molar-refractivity contribution in [3.05, 3.63) is 53.2 Å². The molecule has 1 unspecified atom stereocenters. The summed E-state index contributed by atoms with van der Waals surface area (Å²) in [6.07, 6.45) is 3.36. The van der Waals surface area contributed by atoms with E-state index in [1.54, 1.807) is 24.3 Å². The molecule has 5 atom stereocenters. The zero-order valence-corrected chi connectivity index (χ0v) is 23.2. The number of hydrogen-bond acceptors (Lipinski definition) is 9. The Balaban J connectivity index is 1.54. The second-order valence-corrected chi connectivity index (χ2v) is 10.0. The van der Waals surface area contributed by atoms with E-state index in [0.29, 0.717) is 23.3 Å². The van der Waals surface area contributed by atoms with Crippen molar-refractivity contribution in [3.8, 4) is 12.3 Å². The monoisotopic (exact) mass is 571 g/mol. The average Bonchev–Trinajstić information content (AvgIpc) is 3.48. The van der Waals surface area contributed by atoms with Gasteiger partial charge < -0.3 is 29.7 Å². The van der Waals surface area contributed by atoms with E-state index in [-0.39, 0.29) is 18.3 Å². The predicted octanol–water partition coefficient (Wildman–Crippen LogP) is 2.09. The summed E-state index contributed by atoms with van der Waals surface area (Å²) in [6.45, 7) is 6.63. The van der Waals surface area contributed by atoms with Gasteiger partial charge in [0, 0.05) is 6.42 Å². The number of imidazole rings is 1. The molecule has 1 aliphatic heterocycles. The highest BCUT2D eigenvalue weighted by Gasteiger charge is 2.56. The van der Waals surface area contributed by atoms with Crippen molar-refractivity contribution in [1.82, 2.24) is 24.4 Å². The van der Waals surface area contributed by atoms with Crippen LogP contribution in [0.25, 0.3) is 11.2 Å². The molecule has 1 aliphatic rings. The molecule has 3 heterocycles. The number of nitrogens with zero attached hydrogens (tertiary/aromatic N) is 5. The Kier molecular flexibility index (Phi) is 9.73. The van der Waals surface area contributed by atoms with Crippen molar-refractivity contribution in [2.45, 2.75) is 63.3 Å². The summed E-state index contributed by atoms with van der Waals surface area (Å²) in [7, 11) is 0. The number of ether oxygens (including phenoxy) is 2. The van der Waals surface area contributed by atoms with Crippen LogP contribution in [0, 0.1) is 12.3 Å². The van der Waals surface area contributed by atoms with Gasteiger partial charge in [0.1, 0.15) is 17.7 Å². The predicted molar refractivity (Wildman–Crippen MR) is 148 cm³/mol. The minimum atomic E-state index is -2.17. The van der Waals surface area contributed by atoms with Crippen molar-refractivity contribution < 1.29 is 29.6 Å². The zero-order valence-electron chi connectivity index (χ0n) is 22.5. The summed E-state index contributed by atoms with van der Waals surface area (Å²) in [6, 6.07) is 9.01. The molecular formula is C28H34ClN5O6. The van der Waals surface area contributed by atoms with Crippen LogP contribution in [0.4, 0.5) is 0 Å². The highest BCUT2D eigenvalue weighted by Crippen LogP contribution is 2.39. The number of carboxylic acid groups (broad SMARTS) is 1. The van der Waals surface area contributed by atoms with Gasteiger partial charge in [-0.05, 0) is 49.6 Å². The molecule has 0 aliphatic carbocycles. The van der Waals surface area contributed by atoms with Crippen molar-refractivity contribution in [1.29, 1.82) is 0 Å². The summed E-state index contributed by atoms with van der Waals surface area (Å²) in [5.41, 5.74) is 0.0701. The molecule has 214 valence electrons. The van der Waals surface area contributed by atoms with E-state index in [0.717, 1.165) is 31.6 Å². The van der Waals surface area contributed by atoms with Gasteiger partial charge in [-0.1, -0.05) is 50.1 Å². The first-order valence-corrected chi connectivity index (χ1v) is 13.6. The third-order valence-corrected chi connectivity index (χ3v) is 7.43. The number of carboxylic acids is 1. The van der Waals surface area contributed by atoms with Gasteiger partial charge in [-0.2, -0.15) is 4.98 Å². The number of fused-ring (bicyclic) bond motifs is 1. The highest BCUT2D eigenvalue weighted by atomic mass is 35.5. The van der Waals surface area contributed by atoms with Crippen LogP contribution in [-0.2, 0) is 27.1 Å². The molecule has 4 rings (SSSR count). The molecule has 1 saturated heterocycles. The Bertz CT molecular complexity index is 1340. The molecule has 0 spiro atoms. The molecule has 2 aromatic heterocycles. The minimum absolute atomic E-state index is 0.0110. The van der Waals surface area contributed by atoms with E-state index in [2.05, 4.69) is 39.6 Å². The Morgan fingerprint density at radius 3 is 2.67 bits per heavy atom. The smallest absolute Gasteiger partial charge is 0.333 e. The van der Waals surface area contributed by atoms with Gasteiger partial charge in [0.2, 0.25) is 5.28 Å². The normalized spacial score (nSPS) is 23.5. The third-order valence-electron chi connectivity index (χ3n) is 7.26. The molecule has 0 amide bonds. The second-order valence-electron chi connectivity index (χ2n) is 9.67. The highest BCUT2D eigenvalue weighted by molar-refractivity contribution is 6.28. The number of aryl methyl sites for hydroxylation is 1. The van der Waals surface area contributed by atoms with Gasteiger partial charge in [0.05, 0.1) is 18.6 Å². The number of aliphatic hydroxyl groups excluding tert-OH is 1. The molecule has 40 heavy (non-hydrogen) atoms. The number of aliphatic hydroxyl groups is 2. The lowest BCUT2D eigenvalue weighted by Crippen LogP contribution is -2.48. The van der Waals surface area contributed by atoms with E-state index < -0.39 is 36.1 Å². The Morgan fingerprint density at radius 2 is 2.02 bits per heavy atom. The van der Waals surface area contributed by atoms with Crippen molar-refractivity contribution in [2.75, 3.05) is 26.2 Å². The van der Waals surface area contributed by atoms with Gasteiger partial charge in [0.15, 0.2) is 23.6 Å². The standard InChI is InChI=1S/C28H34ClN5O6/c1-4-28(38)21(16-39-20(26(36)37)15-18-11-8-7-9-12-18)40-25(23(28)35)34-17-30-22-19(31-27(29)32-24(22)34)13-10-14-33(5-2)6-3/h1,7-9,11-12,17,20-21,23,25,35,38H,5-6,10,13-16H2,2-3H3,(H,36,37)/t20?,21-,23+,25-,28-/m1/s1. The van der Waals surface area contributed by atoms with Crippen molar-refractivity contribution >= 4 is 28.7 Å². The first kappa shape index (κ1) is 29.9. The molecule has 0 radical (unpaired) electrons. The molecule has 12 heteroatoms. The number of carbonyl (C=O) groups is 1. The Hall–Kier alpha value is -3.11. The maximum Gasteiger partial charge on any atom is 0.333 e. The van der Waals surface area contributed by atoms with E-state index >= 15 is 0 Å². The molecule has 0 saturated carbocycles. The van der Waals surface area contributed by atoms with E-state index in [4.69, 9.17) is 27.5 Å². The molecule has 1 aromatic carbocycles. The number of halogens is 1. The third kappa shape index (κ3) is 6.28. The Morgan fingerprint density at radius 1 is 1.30 bits per heavy atom. The van der Waals surface area contributed by atoms with Gasteiger partial charge >= 0.3 is 5.97 Å². The summed E-state index contributed by atoms with van der Waals surface area (Å²) in [5.74, 6) is 1.03. The van der Waals surface area contributed by atoms with E-state index in [1.165, 1.54) is 10.9 Å². The maximum absolute atomic E-state index is 11.9. The molecule has 3 aromatic rings. The SMILES string of the molecule is C#C[C@@]1(O)[C@@H](COC(Cc2ccccc2)C(=O)O)O[C@@H](n2cnc3c(CCCN(CC)CC)nc(Cl)nc32)[C@@H]1O. The average molecular weight is 572 g/mol. The topological polar surface area (TPSA) is 143 Å². The van der Waals surface area contributed by atoms with Gasteiger partial charge in [-0.3, -0.25) is 4.57 Å². The fourth-order valence-electron chi connectivity index (χ4n) is 4.88. The summed E-state index contributed by atoms with van der Waals surface area (Å²) in [4.78, 5) is 27.3. The lowest BCUT2D eigenvalue weighted by atomic mass is 9.93. The molecule has 3 N–H and O–H groups in total. The van der Waals surface area contributed by atoms with E-state index in [1.807, 2.05) is 6.07 Å². The largest absolute Gasteiger partial charge is 0.479 e.